The van der Waals surface area contributed by atoms with Crippen molar-refractivity contribution in [3.8, 4) is 5.75 Å². The first-order valence-electron chi connectivity index (χ1n) is 5.55. The van der Waals surface area contributed by atoms with Crippen LogP contribution in [-0.4, -0.2) is 18.9 Å². The molecule has 1 rings (SSSR count). The predicted octanol–water partition coefficient (Wildman–Crippen LogP) is 2.97. The quantitative estimate of drug-likeness (QED) is 0.362. The van der Waals surface area contributed by atoms with Gasteiger partial charge in [0.1, 0.15) is 5.75 Å². The molecule has 0 heterocycles. The Hall–Kier alpha value is -2.31. The highest BCUT2D eigenvalue weighted by Gasteiger charge is 2.31. The summed E-state index contributed by atoms with van der Waals surface area (Å²) < 4.78 is 47.0. The minimum atomic E-state index is -4.55. The van der Waals surface area contributed by atoms with Gasteiger partial charge in [-0.3, -0.25) is 4.79 Å². The van der Waals surface area contributed by atoms with Gasteiger partial charge in [-0.05, 0) is 25.1 Å². The van der Waals surface area contributed by atoms with E-state index < -0.39 is 17.7 Å². The number of ether oxygens (including phenoxy) is 2. The molecule has 0 N–H and O–H groups in total. The first-order chi connectivity index (χ1) is 9.38. The Morgan fingerprint density at radius 1 is 1.35 bits per heavy atom. The van der Waals surface area contributed by atoms with E-state index in [1.807, 2.05) is 0 Å². The third kappa shape index (κ3) is 4.42. The maximum Gasteiger partial charge on any atom is 0.416 e. The number of alkyl halides is 3. The van der Waals surface area contributed by atoms with E-state index in [2.05, 4.69) is 4.74 Å². The zero-order chi connectivity index (χ0) is 15.2. The molecule has 0 bridgehead atoms. The van der Waals surface area contributed by atoms with Crippen molar-refractivity contribution in [2.75, 3.05) is 6.61 Å². The molecule has 0 radical (unpaired) electrons. The summed E-state index contributed by atoms with van der Waals surface area (Å²) in [6, 6.07) is 2.44. The summed E-state index contributed by atoms with van der Waals surface area (Å²) >= 11 is 0. The lowest BCUT2D eigenvalue weighted by atomic mass is 10.1. The van der Waals surface area contributed by atoms with Crippen molar-refractivity contribution in [3.05, 3.63) is 41.7 Å². The molecule has 1 aromatic carbocycles. The number of esters is 1. The Balaban J connectivity index is 2.92. The third-order valence-corrected chi connectivity index (χ3v) is 2.15. The van der Waals surface area contributed by atoms with Crippen LogP contribution in [0.1, 0.15) is 22.8 Å². The summed E-state index contributed by atoms with van der Waals surface area (Å²) in [6.45, 7) is 1.76. The number of rotatable bonds is 5. The molecule has 0 atom stereocenters. The van der Waals surface area contributed by atoms with Crippen LogP contribution >= 0.6 is 0 Å². The fourth-order valence-corrected chi connectivity index (χ4v) is 1.26. The second-order valence-corrected chi connectivity index (χ2v) is 3.54. The maximum absolute atomic E-state index is 12.5. The first kappa shape index (κ1) is 15.7. The minimum Gasteiger partial charge on any atom is -0.464 e. The highest BCUT2D eigenvalue weighted by Crippen LogP contribution is 2.32. The van der Waals surface area contributed by atoms with Gasteiger partial charge in [-0.2, -0.15) is 13.2 Å². The average Bonchev–Trinajstić information content (AvgIpc) is 2.38. The van der Waals surface area contributed by atoms with Crippen LogP contribution in [0.25, 0.3) is 0 Å². The summed E-state index contributed by atoms with van der Waals surface area (Å²) in [5, 5.41) is 0. The van der Waals surface area contributed by atoms with Crippen LogP contribution in [-0.2, 0) is 15.7 Å². The van der Waals surface area contributed by atoms with Crippen molar-refractivity contribution in [2.45, 2.75) is 13.1 Å². The fraction of sp³-hybridized carbons (Fsp3) is 0.231. The number of aldehydes is 1. The number of halogens is 3. The van der Waals surface area contributed by atoms with Gasteiger partial charge in [-0.25, -0.2) is 4.79 Å². The van der Waals surface area contributed by atoms with Crippen LogP contribution < -0.4 is 4.74 Å². The zero-order valence-electron chi connectivity index (χ0n) is 10.4. The Kier molecular flexibility index (Phi) is 5.31. The van der Waals surface area contributed by atoms with Crippen LogP contribution in [0, 0.1) is 0 Å². The summed E-state index contributed by atoms with van der Waals surface area (Å²) in [7, 11) is 0. The molecule has 1 aromatic rings. The van der Waals surface area contributed by atoms with Crippen molar-refractivity contribution in [1.82, 2.24) is 0 Å². The molecule has 20 heavy (non-hydrogen) atoms. The van der Waals surface area contributed by atoms with E-state index in [4.69, 9.17) is 4.74 Å². The molecule has 0 saturated carbocycles. The van der Waals surface area contributed by atoms with Gasteiger partial charge >= 0.3 is 12.1 Å². The molecule has 0 aliphatic rings. The molecule has 0 aliphatic carbocycles. The molecule has 0 saturated heterocycles. The summed E-state index contributed by atoms with van der Waals surface area (Å²) in [6.07, 6.45) is -2.43. The normalized spacial score (nSPS) is 11.4. The van der Waals surface area contributed by atoms with Crippen molar-refractivity contribution >= 4 is 12.3 Å². The molecular formula is C13H11F3O4. The summed E-state index contributed by atoms with van der Waals surface area (Å²) in [4.78, 5) is 21.7. The number of carbonyl (C=O) groups excluding carboxylic acids is 2. The van der Waals surface area contributed by atoms with Gasteiger partial charge in [0.05, 0.1) is 30.1 Å². The SMILES string of the molecule is CCOC(=O)/C=C/Oc1cc(C(F)(F)F)ccc1C=O. The first-order valence-corrected chi connectivity index (χ1v) is 5.55. The Bertz CT molecular complexity index is 521. The molecule has 7 heteroatoms. The molecule has 0 amide bonds. The Morgan fingerprint density at radius 2 is 2.05 bits per heavy atom. The summed E-state index contributed by atoms with van der Waals surface area (Å²) in [5.41, 5.74) is -1.02. The highest BCUT2D eigenvalue weighted by molar-refractivity contribution is 5.82. The lowest BCUT2D eigenvalue weighted by molar-refractivity contribution is -0.138. The van der Waals surface area contributed by atoms with Gasteiger partial charge in [0.25, 0.3) is 0 Å². The van der Waals surface area contributed by atoms with E-state index >= 15 is 0 Å². The summed E-state index contributed by atoms with van der Waals surface area (Å²) in [5.74, 6) is -0.998. The lowest BCUT2D eigenvalue weighted by Crippen LogP contribution is -2.06. The van der Waals surface area contributed by atoms with Gasteiger partial charge in [-0.15, -0.1) is 0 Å². The second-order valence-electron chi connectivity index (χ2n) is 3.54. The topological polar surface area (TPSA) is 52.6 Å². The van der Waals surface area contributed by atoms with Crippen molar-refractivity contribution in [1.29, 1.82) is 0 Å². The van der Waals surface area contributed by atoms with E-state index in [1.54, 1.807) is 6.92 Å². The fourth-order valence-electron chi connectivity index (χ4n) is 1.26. The largest absolute Gasteiger partial charge is 0.464 e. The van der Waals surface area contributed by atoms with Gasteiger partial charge < -0.3 is 9.47 Å². The minimum absolute atomic E-state index is 0.0634. The second kappa shape index (κ2) is 6.74. The third-order valence-electron chi connectivity index (χ3n) is 2.15. The molecular weight excluding hydrogens is 277 g/mol. The Morgan fingerprint density at radius 3 is 2.60 bits per heavy atom. The van der Waals surface area contributed by atoms with Crippen molar-refractivity contribution in [2.24, 2.45) is 0 Å². The molecule has 0 spiro atoms. The van der Waals surface area contributed by atoms with Gasteiger partial charge in [0.15, 0.2) is 6.29 Å². The predicted molar refractivity (Wildman–Crippen MR) is 63.2 cm³/mol. The molecule has 0 fully saturated rings. The van der Waals surface area contributed by atoms with Crippen LogP contribution in [0.5, 0.6) is 5.75 Å². The van der Waals surface area contributed by atoms with Gasteiger partial charge in [-0.1, -0.05) is 0 Å². The lowest BCUT2D eigenvalue weighted by Gasteiger charge is -2.09. The smallest absolute Gasteiger partial charge is 0.416 e. The van der Waals surface area contributed by atoms with E-state index in [9.17, 15) is 22.8 Å². The molecule has 0 unspecified atom stereocenters. The zero-order valence-corrected chi connectivity index (χ0v) is 10.4. The molecule has 4 nitrogen and oxygen atoms in total. The van der Waals surface area contributed by atoms with Crippen LogP contribution in [0.15, 0.2) is 30.5 Å². The average molecular weight is 288 g/mol. The van der Waals surface area contributed by atoms with Crippen LogP contribution in [0.2, 0.25) is 0 Å². The molecule has 0 aliphatic heterocycles. The monoisotopic (exact) mass is 288 g/mol. The van der Waals surface area contributed by atoms with Gasteiger partial charge in [0.2, 0.25) is 0 Å². The standard InChI is InChI=1S/C13H11F3O4/c1-2-19-12(18)5-6-20-11-7-10(13(14,15)16)4-3-9(11)8-17/h3-8H,2H2,1H3/b6-5+. The van der Waals surface area contributed by atoms with Gasteiger partial charge in [0, 0.05) is 0 Å². The van der Waals surface area contributed by atoms with E-state index in [0.29, 0.717) is 12.4 Å². The van der Waals surface area contributed by atoms with Crippen molar-refractivity contribution in [3.63, 3.8) is 0 Å². The van der Waals surface area contributed by atoms with E-state index in [-0.39, 0.29) is 17.9 Å². The van der Waals surface area contributed by atoms with Crippen LogP contribution in [0.3, 0.4) is 0 Å². The Labute approximate surface area is 112 Å². The number of hydrogen-bond acceptors (Lipinski definition) is 4. The van der Waals surface area contributed by atoms with E-state index in [1.165, 1.54) is 0 Å². The highest BCUT2D eigenvalue weighted by atomic mass is 19.4. The number of carbonyl (C=O) groups is 2. The van der Waals surface area contributed by atoms with Crippen molar-refractivity contribution < 1.29 is 32.2 Å². The van der Waals surface area contributed by atoms with Crippen LogP contribution in [0.4, 0.5) is 13.2 Å². The maximum atomic E-state index is 12.5. The van der Waals surface area contributed by atoms with E-state index in [0.717, 1.165) is 24.5 Å². The number of hydrogen-bond donors (Lipinski definition) is 0. The molecule has 0 aromatic heterocycles. The number of benzene rings is 1. The molecule has 108 valence electrons.